The Balaban J connectivity index is 1.91. The van der Waals surface area contributed by atoms with E-state index in [4.69, 9.17) is 4.74 Å². The van der Waals surface area contributed by atoms with E-state index in [9.17, 15) is 4.79 Å². The molecule has 0 saturated heterocycles. The highest BCUT2D eigenvalue weighted by molar-refractivity contribution is 5.69. The van der Waals surface area contributed by atoms with Crippen LogP contribution in [-0.4, -0.2) is 45.5 Å². The topological polar surface area (TPSA) is 59.7 Å². The first kappa shape index (κ1) is 18.1. The lowest BCUT2D eigenvalue weighted by Crippen LogP contribution is -2.25. The van der Waals surface area contributed by atoms with Crippen molar-refractivity contribution in [1.82, 2.24) is 19.3 Å². The van der Waals surface area contributed by atoms with Gasteiger partial charge in [0.05, 0.1) is 12.8 Å². The number of benzene rings is 1. The monoisotopic (exact) mass is 352 g/mol. The summed E-state index contributed by atoms with van der Waals surface area (Å²) >= 11 is 0. The predicted octanol–water partition coefficient (Wildman–Crippen LogP) is 2.87. The second kappa shape index (κ2) is 8.58. The molecule has 2 aromatic heterocycles. The summed E-state index contributed by atoms with van der Waals surface area (Å²) in [6, 6.07) is 9.52. The number of nitrogens with zero attached hydrogens (tertiary/aromatic N) is 4. The molecule has 0 aliphatic heterocycles. The van der Waals surface area contributed by atoms with Gasteiger partial charge < -0.3 is 9.64 Å². The maximum Gasteiger partial charge on any atom is 0.269 e. The van der Waals surface area contributed by atoms with Crippen LogP contribution in [0.3, 0.4) is 0 Å². The molecular weight excluding hydrogens is 328 g/mol. The summed E-state index contributed by atoms with van der Waals surface area (Å²) in [6.45, 7) is 7.81. The Bertz CT molecular complexity index is 905. The molecule has 0 saturated carbocycles. The normalized spacial score (nSPS) is 11.2. The van der Waals surface area contributed by atoms with Gasteiger partial charge in [0.1, 0.15) is 5.56 Å². The van der Waals surface area contributed by atoms with Gasteiger partial charge in [0.15, 0.2) is 5.65 Å². The zero-order valence-electron chi connectivity index (χ0n) is 15.3. The largest absolute Gasteiger partial charge is 0.477 e. The molecule has 6 heteroatoms. The Labute approximate surface area is 153 Å². The standard InChI is InChI=1S/C20H24N4O2/c1-3-23(4-2)12-8-14-26-19-18(16-9-6-5-7-10-16)20(25)24-13-11-21-15-17(24)22-19/h5-7,9-11,13,15H,3-4,8,12,14H2,1-2H3. The average Bonchev–Trinajstić information content (AvgIpc) is 2.69. The fourth-order valence-electron chi connectivity index (χ4n) is 2.93. The van der Waals surface area contributed by atoms with Gasteiger partial charge >= 0.3 is 0 Å². The first-order valence-electron chi connectivity index (χ1n) is 9.01. The maximum atomic E-state index is 13.0. The number of hydrogen-bond acceptors (Lipinski definition) is 5. The summed E-state index contributed by atoms with van der Waals surface area (Å²) in [6.07, 6.45) is 5.65. The molecule has 2 heterocycles. The van der Waals surface area contributed by atoms with Crippen LogP contribution in [0.25, 0.3) is 16.8 Å². The third kappa shape index (κ3) is 3.91. The third-order valence-electron chi connectivity index (χ3n) is 4.42. The van der Waals surface area contributed by atoms with Gasteiger partial charge in [-0.05, 0) is 25.1 Å². The lowest BCUT2D eigenvalue weighted by atomic mass is 10.1. The first-order chi connectivity index (χ1) is 12.7. The molecule has 3 aromatic rings. The molecule has 0 N–H and O–H groups in total. The first-order valence-corrected chi connectivity index (χ1v) is 9.01. The van der Waals surface area contributed by atoms with Crippen molar-refractivity contribution >= 4 is 5.65 Å². The molecule has 0 spiro atoms. The van der Waals surface area contributed by atoms with Crippen molar-refractivity contribution in [3.63, 3.8) is 0 Å². The SMILES string of the molecule is CCN(CC)CCCOc1nc2cnccn2c(=O)c1-c1ccccc1. The van der Waals surface area contributed by atoms with Gasteiger partial charge in [-0.15, -0.1) is 0 Å². The highest BCUT2D eigenvalue weighted by Crippen LogP contribution is 2.25. The van der Waals surface area contributed by atoms with E-state index in [1.54, 1.807) is 18.6 Å². The zero-order valence-corrected chi connectivity index (χ0v) is 15.3. The number of fused-ring (bicyclic) bond motifs is 1. The molecule has 0 aliphatic rings. The van der Waals surface area contributed by atoms with Crippen LogP contribution in [0.15, 0.2) is 53.7 Å². The van der Waals surface area contributed by atoms with Crippen molar-refractivity contribution in [2.75, 3.05) is 26.2 Å². The number of rotatable bonds is 8. The average molecular weight is 352 g/mol. The minimum absolute atomic E-state index is 0.151. The second-order valence-electron chi connectivity index (χ2n) is 6.00. The minimum atomic E-state index is -0.151. The molecule has 136 valence electrons. The summed E-state index contributed by atoms with van der Waals surface area (Å²) in [7, 11) is 0. The molecule has 3 rings (SSSR count). The van der Waals surface area contributed by atoms with Gasteiger partial charge in [0.2, 0.25) is 5.88 Å². The number of aromatic nitrogens is 3. The van der Waals surface area contributed by atoms with Crippen LogP contribution < -0.4 is 10.3 Å². The smallest absolute Gasteiger partial charge is 0.269 e. The van der Waals surface area contributed by atoms with Gasteiger partial charge in [0.25, 0.3) is 5.56 Å². The van der Waals surface area contributed by atoms with Gasteiger partial charge in [-0.2, -0.15) is 4.98 Å². The van der Waals surface area contributed by atoms with E-state index in [1.807, 2.05) is 30.3 Å². The van der Waals surface area contributed by atoms with Gasteiger partial charge in [-0.3, -0.25) is 14.2 Å². The number of ether oxygens (including phenoxy) is 1. The summed E-state index contributed by atoms with van der Waals surface area (Å²) in [5, 5.41) is 0. The second-order valence-corrected chi connectivity index (χ2v) is 6.00. The van der Waals surface area contributed by atoms with E-state index in [0.29, 0.717) is 23.7 Å². The fraction of sp³-hybridized carbons (Fsp3) is 0.350. The fourth-order valence-corrected chi connectivity index (χ4v) is 2.93. The molecule has 1 aromatic carbocycles. The van der Waals surface area contributed by atoms with Crippen molar-refractivity contribution in [3.8, 4) is 17.0 Å². The minimum Gasteiger partial charge on any atom is -0.477 e. The van der Waals surface area contributed by atoms with Gasteiger partial charge in [-0.1, -0.05) is 44.2 Å². The van der Waals surface area contributed by atoms with Crippen LogP contribution in [0, 0.1) is 0 Å². The van der Waals surface area contributed by atoms with E-state index in [0.717, 1.165) is 31.6 Å². The molecule has 0 radical (unpaired) electrons. The Morgan fingerprint density at radius 1 is 1.15 bits per heavy atom. The molecule has 0 bridgehead atoms. The Hall–Kier alpha value is -2.73. The van der Waals surface area contributed by atoms with Crippen molar-refractivity contribution in [3.05, 3.63) is 59.3 Å². The Morgan fingerprint density at radius 3 is 2.65 bits per heavy atom. The van der Waals surface area contributed by atoms with E-state index >= 15 is 0 Å². The third-order valence-corrected chi connectivity index (χ3v) is 4.42. The molecule has 0 unspecified atom stereocenters. The maximum absolute atomic E-state index is 13.0. The van der Waals surface area contributed by atoms with Crippen LogP contribution in [0.4, 0.5) is 0 Å². The lowest BCUT2D eigenvalue weighted by molar-refractivity contribution is 0.245. The summed E-state index contributed by atoms with van der Waals surface area (Å²) in [4.78, 5) is 23.9. The van der Waals surface area contributed by atoms with E-state index in [2.05, 4.69) is 28.7 Å². The zero-order chi connectivity index (χ0) is 18.4. The van der Waals surface area contributed by atoms with Crippen molar-refractivity contribution < 1.29 is 4.74 Å². The summed E-state index contributed by atoms with van der Waals surface area (Å²) in [5.74, 6) is 0.369. The van der Waals surface area contributed by atoms with E-state index in [-0.39, 0.29) is 5.56 Å². The molecule has 0 amide bonds. The van der Waals surface area contributed by atoms with Gasteiger partial charge in [0, 0.05) is 18.9 Å². The van der Waals surface area contributed by atoms with Crippen LogP contribution in [-0.2, 0) is 0 Å². The summed E-state index contributed by atoms with van der Waals surface area (Å²) < 4.78 is 7.44. The number of hydrogen-bond donors (Lipinski definition) is 0. The van der Waals surface area contributed by atoms with Crippen molar-refractivity contribution in [2.24, 2.45) is 0 Å². The Morgan fingerprint density at radius 2 is 1.92 bits per heavy atom. The molecule has 0 aliphatic carbocycles. The molecule has 0 atom stereocenters. The highest BCUT2D eigenvalue weighted by Gasteiger charge is 2.16. The van der Waals surface area contributed by atoms with Crippen LogP contribution in [0.1, 0.15) is 20.3 Å². The lowest BCUT2D eigenvalue weighted by Gasteiger charge is -2.18. The highest BCUT2D eigenvalue weighted by atomic mass is 16.5. The van der Waals surface area contributed by atoms with E-state index in [1.165, 1.54) is 4.40 Å². The molecule has 26 heavy (non-hydrogen) atoms. The molecular formula is C20H24N4O2. The molecule has 0 fully saturated rings. The molecule has 6 nitrogen and oxygen atoms in total. The van der Waals surface area contributed by atoms with Gasteiger partial charge in [-0.25, -0.2) is 0 Å². The van der Waals surface area contributed by atoms with E-state index < -0.39 is 0 Å². The van der Waals surface area contributed by atoms with Crippen molar-refractivity contribution in [2.45, 2.75) is 20.3 Å². The van der Waals surface area contributed by atoms with Crippen LogP contribution in [0.2, 0.25) is 0 Å². The predicted molar refractivity (Wildman–Crippen MR) is 103 cm³/mol. The van der Waals surface area contributed by atoms with Crippen LogP contribution >= 0.6 is 0 Å². The summed E-state index contributed by atoms with van der Waals surface area (Å²) in [5.41, 5.74) is 1.62. The van der Waals surface area contributed by atoms with Crippen LogP contribution in [0.5, 0.6) is 5.88 Å². The van der Waals surface area contributed by atoms with Crippen molar-refractivity contribution in [1.29, 1.82) is 0 Å². The Kier molecular flexibility index (Phi) is 5.96. The quantitative estimate of drug-likeness (QED) is 0.584.